The Bertz CT molecular complexity index is 677. The van der Waals surface area contributed by atoms with Gasteiger partial charge in [0.15, 0.2) is 0 Å². The number of fused-ring (bicyclic) bond motifs is 1. The molecule has 0 saturated carbocycles. The van der Waals surface area contributed by atoms with E-state index in [1.165, 1.54) is 0 Å². The molecule has 2 aromatic heterocycles. The number of rotatable bonds is 5. The van der Waals surface area contributed by atoms with Crippen LogP contribution in [0.3, 0.4) is 0 Å². The number of likely N-dealkylation sites (N-methyl/N-ethyl adjacent to an activating group) is 1. The molecule has 3 rings (SSSR count). The Morgan fingerprint density at radius 2 is 2.25 bits per heavy atom. The number of nitrogens with zero attached hydrogens (tertiary/aromatic N) is 2. The van der Waals surface area contributed by atoms with Crippen molar-refractivity contribution < 1.29 is 4.42 Å². The molecule has 5 heteroatoms. The first-order valence-electron chi connectivity index (χ1n) is 6.53. The van der Waals surface area contributed by atoms with Gasteiger partial charge in [-0.25, -0.2) is 4.98 Å². The molecule has 0 aliphatic rings. The van der Waals surface area contributed by atoms with E-state index < -0.39 is 0 Å². The van der Waals surface area contributed by atoms with Crippen molar-refractivity contribution in [2.75, 3.05) is 13.6 Å². The topological polar surface area (TPSA) is 55.3 Å². The summed E-state index contributed by atoms with van der Waals surface area (Å²) in [7, 11) is 2.07. The van der Waals surface area contributed by atoms with E-state index in [-0.39, 0.29) is 6.04 Å². The van der Waals surface area contributed by atoms with Gasteiger partial charge < -0.3 is 10.2 Å². The SMILES string of the molecule is CN(Cc1cscn1)C(CN)c1coc2ccccc12. The van der Waals surface area contributed by atoms with Crippen LogP contribution in [-0.4, -0.2) is 23.5 Å². The maximum absolute atomic E-state index is 5.98. The third-order valence-electron chi connectivity index (χ3n) is 3.52. The first kappa shape index (κ1) is 13.3. The van der Waals surface area contributed by atoms with E-state index in [1.807, 2.05) is 30.0 Å². The van der Waals surface area contributed by atoms with Crippen LogP contribution in [0.5, 0.6) is 0 Å². The Morgan fingerprint density at radius 3 is 3.00 bits per heavy atom. The average Bonchev–Trinajstić information content (AvgIpc) is 3.10. The van der Waals surface area contributed by atoms with Crippen molar-refractivity contribution >= 4 is 22.3 Å². The highest BCUT2D eigenvalue weighted by molar-refractivity contribution is 7.07. The molecule has 0 bridgehead atoms. The lowest BCUT2D eigenvalue weighted by Crippen LogP contribution is -2.30. The maximum Gasteiger partial charge on any atom is 0.134 e. The van der Waals surface area contributed by atoms with Crippen LogP contribution in [0.4, 0.5) is 0 Å². The molecule has 1 unspecified atom stereocenters. The molecule has 2 N–H and O–H groups in total. The van der Waals surface area contributed by atoms with Gasteiger partial charge in [0.05, 0.1) is 23.5 Å². The molecule has 2 heterocycles. The summed E-state index contributed by atoms with van der Waals surface area (Å²) in [6.45, 7) is 1.33. The first-order valence-corrected chi connectivity index (χ1v) is 7.47. The first-order chi connectivity index (χ1) is 9.79. The molecule has 1 aromatic carbocycles. The molecule has 20 heavy (non-hydrogen) atoms. The van der Waals surface area contributed by atoms with Gasteiger partial charge >= 0.3 is 0 Å². The van der Waals surface area contributed by atoms with Gasteiger partial charge in [-0.1, -0.05) is 18.2 Å². The van der Waals surface area contributed by atoms with Gasteiger partial charge in [-0.2, -0.15) is 0 Å². The Morgan fingerprint density at radius 1 is 1.40 bits per heavy atom. The second-order valence-electron chi connectivity index (χ2n) is 4.83. The Labute approximate surface area is 121 Å². The predicted octanol–water partition coefficient (Wildman–Crippen LogP) is 3.02. The van der Waals surface area contributed by atoms with Crippen LogP contribution in [0, 0.1) is 0 Å². The maximum atomic E-state index is 5.98. The molecule has 0 spiro atoms. The number of furan rings is 1. The van der Waals surface area contributed by atoms with Crippen LogP contribution >= 0.6 is 11.3 Å². The summed E-state index contributed by atoms with van der Waals surface area (Å²) in [5.41, 5.74) is 11.0. The van der Waals surface area contributed by atoms with Gasteiger partial charge in [-0.3, -0.25) is 4.90 Å². The van der Waals surface area contributed by atoms with E-state index in [0.717, 1.165) is 28.8 Å². The molecule has 0 aliphatic carbocycles. The molecule has 0 amide bonds. The number of para-hydroxylation sites is 1. The van der Waals surface area contributed by atoms with Crippen molar-refractivity contribution in [2.45, 2.75) is 12.6 Å². The third kappa shape index (κ3) is 2.47. The minimum atomic E-state index is 0.125. The molecule has 1 atom stereocenters. The zero-order chi connectivity index (χ0) is 13.9. The molecule has 104 valence electrons. The standard InChI is InChI=1S/C15H17N3OS/c1-18(7-11-9-20-10-17-11)14(6-16)13-8-19-15-5-3-2-4-12(13)15/h2-5,8-10,14H,6-7,16H2,1H3. The summed E-state index contributed by atoms with van der Waals surface area (Å²) < 4.78 is 5.62. The van der Waals surface area contributed by atoms with Gasteiger partial charge in [0, 0.05) is 29.4 Å². The van der Waals surface area contributed by atoms with Gasteiger partial charge in [0.1, 0.15) is 5.58 Å². The third-order valence-corrected chi connectivity index (χ3v) is 4.16. The second kappa shape index (κ2) is 5.75. The fraction of sp³-hybridized carbons (Fsp3) is 0.267. The van der Waals surface area contributed by atoms with Crippen molar-refractivity contribution in [3.8, 4) is 0 Å². The molecule has 4 nitrogen and oxygen atoms in total. The van der Waals surface area contributed by atoms with Crippen molar-refractivity contribution in [1.29, 1.82) is 0 Å². The molecule has 0 radical (unpaired) electrons. The number of hydrogen-bond acceptors (Lipinski definition) is 5. The summed E-state index contributed by atoms with van der Waals surface area (Å²) in [5.74, 6) is 0. The molecular formula is C15H17N3OS. The highest BCUT2D eigenvalue weighted by Crippen LogP contribution is 2.29. The van der Waals surface area contributed by atoms with Gasteiger partial charge in [-0.15, -0.1) is 11.3 Å². The minimum absolute atomic E-state index is 0.125. The molecule has 0 fully saturated rings. The van der Waals surface area contributed by atoms with Crippen LogP contribution in [0.15, 0.2) is 45.8 Å². The Balaban J connectivity index is 1.89. The van der Waals surface area contributed by atoms with E-state index in [1.54, 1.807) is 11.3 Å². The fourth-order valence-corrected chi connectivity index (χ4v) is 3.03. The lowest BCUT2D eigenvalue weighted by atomic mass is 10.0. The van der Waals surface area contributed by atoms with Gasteiger partial charge in [-0.05, 0) is 13.1 Å². The Hall–Kier alpha value is -1.69. The van der Waals surface area contributed by atoms with Crippen LogP contribution in [-0.2, 0) is 6.54 Å². The molecule has 3 aromatic rings. The normalized spacial score (nSPS) is 13.2. The minimum Gasteiger partial charge on any atom is -0.464 e. The molecule has 0 saturated heterocycles. The second-order valence-corrected chi connectivity index (χ2v) is 5.55. The summed E-state index contributed by atoms with van der Waals surface area (Å²) in [6.07, 6.45) is 1.82. The lowest BCUT2D eigenvalue weighted by molar-refractivity contribution is 0.239. The number of benzene rings is 1. The quantitative estimate of drug-likeness (QED) is 0.783. The van der Waals surface area contributed by atoms with Crippen LogP contribution in [0.2, 0.25) is 0 Å². The molecule has 0 aliphatic heterocycles. The predicted molar refractivity (Wildman–Crippen MR) is 81.6 cm³/mol. The van der Waals surface area contributed by atoms with E-state index >= 15 is 0 Å². The van der Waals surface area contributed by atoms with Crippen molar-refractivity contribution in [1.82, 2.24) is 9.88 Å². The monoisotopic (exact) mass is 287 g/mol. The van der Waals surface area contributed by atoms with E-state index in [9.17, 15) is 0 Å². The summed E-state index contributed by atoms with van der Waals surface area (Å²) in [6, 6.07) is 8.18. The number of thiazole rings is 1. The van der Waals surface area contributed by atoms with E-state index in [4.69, 9.17) is 10.2 Å². The zero-order valence-corrected chi connectivity index (χ0v) is 12.1. The Kier molecular flexibility index (Phi) is 3.82. The fourth-order valence-electron chi connectivity index (χ4n) is 2.48. The smallest absolute Gasteiger partial charge is 0.134 e. The van der Waals surface area contributed by atoms with E-state index in [2.05, 4.69) is 28.4 Å². The summed E-state index contributed by atoms with van der Waals surface area (Å²) in [5, 5.41) is 3.20. The van der Waals surface area contributed by atoms with Crippen LogP contribution in [0.25, 0.3) is 11.0 Å². The van der Waals surface area contributed by atoms with Gasteiger partial charge in [0.25, 0.3) is 0 Å². The number of aromatic nitrogens is 1. The van der Waals surface area contributed by atoms with Crippen LogP contribution < -0.4 is 5.73 Å². The summed E-state index contributed by atoms with van der Waals surface area (Å²) >= 11 is 1.61. The molecular weight excluding hydrogens is 270 g/mol. The average molecular weight is 287 g/mol. The largest absolute Gasteiger partial charge is 0.464 e. The van der Waals surface area contributed by atoms with E-state index in [0.29, 0.717) is 6.54 Å². The number of nitrogens with two attached hydrogens (primary N) is 1. The highest BCUT2D eigenvalue weighted by atomic mass is 32.1. The van der Waals surface area contributed by atoms with Crippen LogP contribution in [0.1, 0.15) is 17.3 Å². The summed E-state index contributed by atoms with van der Waals surface area (Å²) in [4.78, 5) is 6.54. The zero-order valence-electron chi connectivity index (χ0n) is 11.3. The van der Waals surface area contributed by atoms with Crippen molar-refractivity contribution in [2.24, 2.45) is 5.73 Å². The van der Waals surface area contributed by atoms with Gasteiger partial charge in [0.2, 0.25) is 0 Å². The van der Waals surface area contributed by atoms with Crippen molar-refractivity contribution in [3.63, 3.8) is 0 Å². The lowest BCUT2D eigenvalue weighted by Gasteiger charge is -2.25. The number of hydrogen-bond donors (Lipinski definition) is 1. The highest BCUT2D eigenvalue weighted by Gasteiger charge is 2.20. The van der Waals surface area contributed by atoms with Crippen molar-refractivity contribution in [3.05, 3.63) is 52.7 Å².